The molecule has 25 heavy (non-hydrogen) atoms. The van der Waals surface area contributed by atoms with Crippen LogP contribution in [0.3, 0.4) is 0 Å². The van der Waals surface area contributed by atoms with Crippen molar-refractivity contribution in [1.82, 2.24) is 19.4 Å². The van der Waals surface area contributed by atoms with Crippen molar-refractivity contribution in [3.8, 4) is 0 Å². The molecule has 0 spiro atoms. The lowest BCUT2D eigenvalue weighted by Crippen LogP contribution is -2.38. The van der Waals surface area contributed by atoms with Gasteiger partial charge in [0.25, 0.3) is 5.91 Å². The molecule has 0 saturated heterocycles. The normalized spacial score (nSPS) is 17.3. The molecular weight excluding hydrogens is 316 g/mol. The van der Waals surface area contributed by atoms with E-state index in [4.69, 9.17) is 4.74 Å². The second-order valence-corrected chi connectivity index (χ2v) is 6.63. The SMILES string of the molecule is C[C@@H]1c2nc(C(=O)N(C)C)cn2CCN1CCOCc1ccccc1. The third-order valence-electron chi connectivity index (χ3n) is 4.62. The number of aromatic nitrogens is 2. The summed E-state index contributed by atoms with van der Waals surface area (Å²) >= 11 is 0. The van der Waals surface area contributed by atoms with Crippen LogP contribution in [0, 0.1) is 0 Å². The molecule has 1 atom stereocenters. The van der Waals surface area contributed by atoms with E-state index in [0.717, 1.165) is 25.5 Å². The number of hydrogen-bond acceptors (Lipinski definition) is 4. The van der Waals surface area contributed by atoms with E-state index in [1.807, 2.05) is 24.4 Å². The zero-order valence-electron chi connectivity index (χ0n) is 15.2. The Balaban J connectivity index is 1.54. The fourth-order valence-electron chi connectivity index (χ4n) is 3.12. The van der Waals surface area contributed by atoms with Gasteiger partial charge in [0.05, 0.1) is 19.3 Å². The molecule has 1 aromatic heterocycles. The summed E-state index contributed by atoms with van der Waals surface area (Å²) in [7, 11) is 3.50. The number of carbonyl (C=O) groups is 1. The van der Waals surface area contributed by atoms with E-state index in [0.29, 0.717) is 18.9 Å². The highest BCUT2D eigenvalue weighted by molar-refractivity contribution is 5.91. The highest BCUT2D eigenvalue weighted by Crippen LogP contribution is 2.24. The van der Waals surface area contributed by atoms with E-state index < -0.39 is 0 Å². The van der Waals surface area contributed by atoms with Gasteiger partial charge in [0.2, 0.25) is 0 Å². The van der Waals surface area contributed by atoms with E-state index in [9.17, 15) is 4.79 Å². The maximum absolute atomic E-state index is 12.1. The molecule has 0 bridgehead atoms. The van der Waals surface area contributed by atoms with Crippen LogP contribution in [-0.2, 0) is 17.9 Å². The molecule has 2 heterocycles. The van der Waals surface area contributed by atoms with Crippen molar-refractivity contribution >= 4 is 5.91 Å². The number of ether oxygens (including phenoxy) is 1. The maximum Gasteiger partial charge on any atom is 0.273 e. The molecule has 0 radical (unpaired) electrons. The molecule has 134 valence electrons. The molecule has 1 aliphatic rings. The van der Waals surface area contributed by atoms with Crippen LogP contribution in [0.25, 0.3) is 0 Å². The third kappa shape index (κ3) is 4.08. The highest BCUT2D eigenvalue weighted by atomic mass is 16.5. The largest absolute Gasteiger partial charge is 0.375 e. The molecule has 0 unspecified atom stereocenters. The summed E-state index contributed by atoms with van der Waals surface area (Å²) in [6.45, 7) is 6.11. The van der Waals surface area contributed by atoms with Gasteiger partial charge in [-0.2, -0.15) is 0 Å². The zero-order valence-corrected chi connectivity index (χ0v) is 15.2. The van der Waals surface area contributed by atoms with Crippen molar-refractivity contribution < 1.29 is 9.53 Å². The Kier molecular flexibility index (Phi) is 5.50. The van der Waals surface area contributed by atoms with Crippen molar-refractivity contribution in [1.29, 1.82) is 0 Å². The van der Waals surface area contributed by atoms with Gasteiger partial charge in [-0.1, -0.05) is 30.3 Å². The summed E-state index contributed by atoms with van der Waals surface area (Å²) in [5.74, 6) is 0.909. The van der Waals surface area contributed by atoms with Gasteiger partial charge in [-0.05, 0) is 12.5 Å². The smallest absolute Gasteiger partial charge is 0.273 e. The minimum atomic E-state index is -0.0492. The highest BCUT2D eigenvalue weighted by Gasteiger charge is 2.27. The predicted octanol–water partition coefficient (Wildman–Crippen LogP) is 2.18. The fourth-order valence-corrected chi connectivity index (χ4v) is 3.12. The number of imidazole rings is 1. The fraction of sp³-hybridized carbons (Fsp3) is 0.474. The zero-order chi connectivity index (χ0) is 17.8. The summed E-state index contributed by atoms with van der Waals surface area (Å²) in [4.78, 5) is 20.6. The summed E-state index contributed by atoms with van der Waals surface area (Å²) in [6.07, 6.45) is 1.87. The average Bonchev–Trinajstić information content (AvgIpc) is 3.05. The molecule has 1 amide bonds. The van der Waals surface area contributed by atoms with Gasteiger partial charge < -0.3 is 14.2 Å². The van der Waals surface area contributed by atoms with Crippen LogP contribution in [-0.4, -0.2) is 59.0 Å². The van der Waals surface area contributed by atoms with Crippen LogP contribution in [0.15, 0.2) is 36.5 Å². The summed E-state index contributed by atoms with van der Waals surface area (Å²) in [5.41, 5.74) is 1.71. The molecule has 0 fully saturated rings. The summed E-state index contributed by atoms with van der Waals surface area (Å²) in [6, 6.07) is 10.4. The van der Waals surface area contributed by atoms with Gasteiger partial charge in [0.15, 0.2) is 0 Å². The van der Waals surface area contributed by atoms with Crippen molar-refractivity contribution in [3.63, 3.8) is 0 Å². The molecule has 0 aliphatic carbocycles. The van der Waals surface area contributed by atoms with Gasteiger partial charge >= 0.3 is 0 Å². The van der Waals surface area contributed by atoms with Gasteiger partial charge in [0, 0.05) is 39.9 Å². The number of hydrogen-bond donors (Lipinski definition) is 0. The minimum Gasteiger partial charge on any atom is -0.375 e. The first kappa shape index (κ1) is 17.6. The number of rotatable bonds is 6. The molecule has 6 nitrogen and oxygen atoms in total. The Morgan fingerprint density at radius 3 is 2.76 bits per heavy atom. The standard InChI is InChI=1S/C19H26N4O2/c1-15-18-20-17(19(24)21(2)3)13-23(18)10-9-22(15)11-12-25-14-16-7-5-4-6-8-16/h4-8,13,15H,9-12,14H2,1-3H3/t15-/m1/s1. The van der Waals surface area contributed by atoms with E-state index in [1.54, 1.807) is 19.0 Å². The van der Waals surface area contributed by atoms with Crippen molar-refractivity contribution in [2.24, 2.45) is 0 Å². The van der Waals surface area contributed by atoms with Crippen molar-refractivity contribution in [2.75, 3.05) is 33.8 Å². The summed E-state index contributed by atoms with van der Waals surface area (Å²) < 4.78 is 7.90. The minimum absolute atomic E-state index is 0.0492. The van der Waals surface area contributed by atoms with E-state index in [2.05, 4.69) is 33.5 Å². The second-order valence-electron chi connectivity index (χ2n) is 6.63. The lowest BCUT2D eigenvalue weighted by Gasteiger charge is -2.33. The van der Waals surface area contributed by atoms with E-state index in [1.165, 1.54) is 5.56 Å². The lowest BCUT2D eigenvalue weighted by molar-refractivity contribution is 0.0690. The van der Waals surface area contributed by atoms with Crippen LogP contribution in [0.4, 0.5) is 0 Å². The molecule has 6 heteroatoms. The van der Waals surface area contributed by atoms with E-state index in [-0.39, 0.29) is 11.9 Å². The van der Waals surface area contributed by atoms with Crippen molar-refractivity contribution in [3.05, 3.63) is 53.6 Å². The van der Waals surface area contributed by atoms with Crippen LogP contribution >= 0.6 is 0 Å². The topological polar surface area (TPSA) is 50.6 Å². The predicted molar refractivity (Wildman–Crippen MR) is 96.3 cm³/mol. The Morgan fingerprint density at radius 2 is 2.04 bits per heavy atom. The van der Waals surface area contributed by atoms with Crippen LogP contribution < -0.4 is 0 Å². The quantitative estimate of drug-likeness (QED) is 0.755. The number of carbonyl (C=O) groups excluding carboxylic acids is 1. The van der Waals surface area contributed by atoms with Crippen LogP contribution in [0.5, 0.6) is 0 Å². The number of benzene rings is 1. The van der Waals surface area contributed by atoms with Gasteiger partial charge in [0.1, 0.15) is 11.5 Å². The summed E-state index contributed by atoms with van der Waals surface area (Å²) in [5, 5.41) is 0. The van der Waals surface area contributed by atoms with Gasteiger partial charge in [-0.15, -0.1) is 0 Å². The van der Waals surface area contributed by atoms with Crippen molar-refractivity contribution in [2.45, 2.75) is 26.1 Å². The molecule has 3 rings (SSSR count). The Morgan fingerprint density at radius 1 is 1.28 bits per heavy atom. The number of fused-ring (bicyclic) bond motifs is 1. The average molecular weight is 342 g/mol. The Bertz CT molecular complexity index is 711. The first-order chi connectivity index (χ1) is 12.1. The molecule has 0 saturated carbocycles. The maximum atomic E-state index is 12.1. The monoisotopic (exact) mass is 342 g/mol. The van der Waals surface area contributed by atoms with Crippen LogP contribution in [0.2, 0.25) is 0 Å². The first-order valence-corrected chi connectivity index (χ1v) is 8.70. The van der Waals surface area contributed by atoms with Gasteiger partial charge in [-0.25, -0.2) is 4.98 Å². The molecule has 2 aromatic rings. The Labute approximate surface area is 149 Å². The Hall–Kier alpha value is -2.18. The number of amides is 1. The third-order valence-corrected chi connectivity index (χ3v) is 4.62. The second kappa shape index (κ2) is 7.80. The number of nitrogens with zero attached hydrogens (tertiary/aromatic N) is 4. The first-order valence-electron chi connectivity index (χ1n) is 8.70. The molecular formula is C19H26N4O2. The lowest BCUT2D eigenvalue weighted by atomic mass is 10.2. The molecule has 1 aliphatic heterocycles. The van der Waals surface area contributed by atoms with Gasteiger partial charge in [-0.3, -0.25) is 9.69 Å². The van der Waals surface area contributed by atoms with E-state index >= 15 is 0 Å². The van der Waals surface area contributed by atoms with Crippen LogP contribution in [0.1, 0.15) is 34.8 Å². The molecule has 0 N–H and O–H groups in total. The molecule has 1 aromatic carbocycles.